The molecule has 21 heavy (non-hydrogen) atoms. The normalized spacial score (nSPS) is 15.6. The number of pyridine rings is 1. The second-order valence-electron chi connectivity index (χ2n) is 5.43. The van der Waals surface area contributed by atoms with Crippen molar-refractivity contribution in [1.82, 2.24) is 10.3 Å². The smallest absolute Gasteiger partial charge is 0.305 e. The summed E-state index contributed by atoms with van der Waals surface area (Å²) in [5, 5.41) is 12.7. The highest BCUT2D eigenvalue weighted by Gasteiger charge is 2.33. The fraction of sp³-hybridized carbons (Fsp3) is 0.312. The van der Waals surface area contributed by atoms with Crippen LogP contribution in [0.2, 0.25) is 0 Å². The van der Waals surface area contributed by atoms with Crippen molar-refractivity contribution in [2.24, 2.45) is 5.92 Å². The fourth-order valence-corrected chi connectivity index (χ4v) is 2.49. The van der Waals surface area contributed by atoms with Gasteiger partial charge in [0.05, 0.1) is 11.9 Å². The molecule has 5 nitrogen and oxygen atoms in total. The van der Waals surface area contributed by atoms with Gasteiger partial charge in [-0.3, -0.25) is 14.6 Å². The van der Waals surface area contributed by atoms with Crippen molar-refractivity contribution in [3.63, 3.8) is 0 Å². The van der Waals surface area contributed by atoms with E-state index in [1.165, 1.54) is 0 Å². The van der Waals surface area contributed by atoms with Crippen molar-refractivity contribution >= 4 is 22.8 Å². The molecule has 1 aliphatic rings. The molecule has 0 radical (unpaired) electrons. The SMILES string of the molecule is O=C(O)CC(NC(=O)c1ccc2ncccc2c1)C1CC1. The molecule has 108 valence electrons. The van der Waals surface area contributed by atoms with Crippen LogP contribution in [0.4, 0.5) is 0 Å². The molecule has 1 fully saturated rings. The summed E-state index contributed by atoms with van der Waals surface area (Å²) in [7, 11) is 0. The van der Waals surface area contributed by atoms with Gasteiger partial charge in [0.1, 0.15) is 0 Å². The predicted molar refractivity (Wildman–Crippen MR) is 78.0 cm³/mol. The number of carbonyl (C=O) groups is 2. The van der Waals surface area contributed by atoms with E-state index in [0.717, 1.165) is 23.7 Å². The maximum Gasteiger partial charge on any atom is 0.305 e. The molecule has 0 saturated heterocycles. The Morgan fingerprint density at radius 2 is 2.14 bits per heavy atom. The molecule has 1 aromatic carbocycles. The molecule has 2 aromatic rings. The molecule has 1 aromatic heterocycles. The topological polar surface area (TPSA) is 79.3 Å². The van der Waals surface area contributed by atoms with Gasteiger partial charge in [-0.25, -0.2) is 0 Å². The Morgan fingerprint density at radius 3 is 2.86 bits per heavy atom. The number of aromatic nitrogens is 1. The molecule has 1 atom stereocenters. The maximum absolute atomic E-state index is 12.3. The average Bonchev–Trinajstić information content (AvgIpc) is 3.30. The van der Waals surface area contributed by atoms with E-state index in [9.17, 15) is 9.59 Å². The largest absolute Gasteiger partial charge is 0.481 e. The minimum absolute atomic E-state index is 0.0223. The molecule has 1 unspecified atom stereocenters. The van der Waals surface area contributed by atoms with Crippen molar-refractivity contribution in [3.05, 3.63) is 42.1 Å². The standard InChI is InChI=1S/C16H16N2O3/c19-15(20)9-14(10-3-4-10)18-16(21)12-5-6-13-11(8-12)2-1-7-17-13/h1-2,5-8,10,14H,3-4,9H2,(H,18,21)(H,19,20). The average molecular weight is 284 g/mol. The zero-order chi connectivity index (χ0) is 14.8. The van der Waals surface area contributed by atoms with E-state index in [4.69, 9.17) is 5.11 Å². The Morgan fingerprint density at radius 1 is 1.33 bits per heavy atom. The van der Waals surface area contributed by atoms with E-state index in [2.05, 4.69) is 10.3 Å². The molecule has 2 N–H and O–H groups in total. The van der Waals surface area contributed by atoms with Gasteiger partial charge in [-0.15, -0.1) is 0 Å². The lowest BCUT2D eigenvalue weighted by Crippen LogP contribution is -2.38. The van der Waals surface area contributed by atoms with Crippen LogP contribution in [0.3, 0.4) is 0 Å². The lowest BCUT2D eigenvalue weighted by Gasteiger charge is -2.16. The third kappa shape index (κ3) is 3.18. The van der Waals surface area contributed by atoms with E-state index in [0.29, 0.717) is 11.5 Å². The third-order valence-electron chi connectivity index (χ3n) is 3.77. The van der Waals surface area contributed by atoms with Crippen molar-refractivity contribution < 1.29 is 14.7 Å². The maximum atomic E-state index is 12.3. The van der Waals surface area contributed by atoms with Crippen LogP contribution in [0.15, 0.2) is 36.5 Å². The highest BCUT2D eigenvalue weighted by molar-refractivity contribution is 5.98. The second kappa shape index (κ2) is 5.52. The molecule has 1 amide bonds. The van der Waals surface area contributed by atoms with Crippen LogP contribution in [0.25, 0.3) is 10.9 Å². The van der Waals surface area contributed by atoms with Gasteiger partial charge in [-0.2, -0.15) is 0 Å². The Bertz CT molecular complexity index is 695. The Balaban J connectivity index is 1.77. The number of hydrogen-bond donors (Lipinski definition) is 2. The Labute approximate surface area is 122 Å². The third-order valence-corrected chi connectivity index (χ3v) is 3.77. The van der Waals surface area contributed by atoms with Crippen LogP contribution >= 0.6 is 0 Å². The summed E-state index contributed by atoms with van der Waals surface area (Å²) in [6, 6.07) is 8.74. The molecule has 0 aliphatic heterocycles. The molecular formula is C16H16N2O3. The quantitative estimate of drug-likeness (QED) is 0.882. The lowest BCUT2D eigenvalue weighted by atomic mass is 10.1. The molecule has 0 bridgehead atoms. The summed E-state index contributed by atoms with van der Waals surface area (Å²) in [4.78, 5) is 27.4. The first-order valence-electron chi connectivity index (χ1n) is 7.01. The lowest BCUT2D eigenvalue weighted by molar-refractivity contribution is -0.137. The van der Waals surface area contributed by atoms with Gasteiger partial charge in [-0.1, -0.05) is 6.07 Å². The number of hydrogen-bond acceptors (Lipinski definition) is 3. The van der Waals surface area contributed by atoms with Gasteiger partial charge in [0.15, 0.2) is 0 Å². The summed E-state index contributed by atoms with van der Waals surface area (Å²) >= 11 is 0. The first kappa shape index (κ1) is 13.5. The summed E-state index contributed by atoms with van der Waals surface area (Å²) in [6.07, 6.45) is 3.66. The zero-order valence-corrected chi connectivity index (χ0v) is 11.5. The van der Waals surface area contributed by atoms with Gasteiger partial charge in [0.2, 0.25) is 0 Å². The van der Waals surface area contributed by atoms with Crippen LogP contribution in [-0.4, -0.2) is 28.0 Å². The van der Waals surface area contributed by atoms with E-state index in [1.54, 1.807) is 24.4 Å². The van der Waals surface area contributed by atoms with E-state index >= 15 is 0 Å². The van der Waals surface area contributed by atoms with Gasteiger partial charge in [-0.05, 0) is 43.0 Å². The molecule has 1 saturated carbocycles. The fourth-order valence-electron chi connectivity index (χ4n) is 2.49. The Kier molecular flexibility index (Phi) is 3.56. The first-order chi connectivity index (χ1) is 10.1. The number of rotatable bonds is 5. The summed E-state index contributed by atoms with van der Waals surface area (Å²) in [5.41, 5.74) is 1.37. The zero-order valence-electron chi connectivity index (χ0n) is 11.5. The van der Waals surface area contributed by atoms with Crippen molar-refractivity contribution in [2.75, 3.05) is 0 Å². The second-order valence-corrected chi connectivity index (χ2v) is 5.43. The number of aliphatic carboxylic acids is 1. The number of carboxylic acid groups (broad SMARTS) is 1. The molecule has 3 rings (SSSR count). The number of amides is 1. The monoisotopic (exact) mass is 284 g/mol. The van der Waals surface area contributed by atoms with Crippen molar-refractivity contribution in [2.45, 2.75) is 25.3 Å². The van der Waals surface area contributed by atoms with Crippen LogP contribution in [-0.2, 0) is 4.79 Å². The number of benzene rings is 1. The number of carbonyl (C=O) groups excluding carboxylic acids is 1. The van der Waals surface area contributed by atoms with Gasteiger partial charge < -0.3 is 10.4 Å². The van der Waals surface area contributed by atoms with E-state index < -0.39 is 5.97 Å². The number of nitrogens with one attached hydrogen (secondary N) is 1. The molecule has 1 aliphatic carbocycles. The van der Waals surface area contributed by atoms with E-state index in [-0.39, 0.29) is 18.4 Å². The van der Waals surface area contributed by atoms with Crippen molar-refractivity contribution in [3.8, 4) is 0 Å². The minimum Gasteiger partial charge on any atom is -0.481 e. The number of nitrogens with zero attached hydrogens (tertiary/aromatic N) is 1. The number of carboxylic acids is 1. The van der Waals surface area contributed by atoms with Crippen LogP contribution < -0.4 is 5.32 Å². The molecular weight excluding hydrogens is 268 g/mol. The highest BCUT2D eigenvalue weighted by atomic mass is 16.4. The van der Waals surface area contributed by atoms with Crippen LogP contribution in [0.1, 0.15) is 29.6 Å². The van der Waals surface area contributed by atoms with Crippen LogP contribution in [0.5, 0.6) is 0 Å². The van der Waals surface area contributed by atoms with Gasteiger partial charge in [0, 0.05) is 23.2 Å². The van der Waals surface area contributed by atoms with Gasteiger partial charge in [0.25, 0.3) is 5.91 Å². The minimum atomic E-state index is -0.880. The van der Waals surface area contributed by atoms with E-state index in [1.807, 2.05) is 12.1 Å². The molecule has 1 heterocycles. The molecule has 5 heteroatoms. The highest BCUT2D eigenvalue weighted by Crippen LogP contribution is 2.34. The first-order valence-corrected chi connectivity index (χ1v) is 7.01. The summed E-state index contributed by atoms with van der Waals surface area (Å²) in [5.74, 6) is -0.805. The molecule has 0 spiro atoms. The summed E-state index contributed by atoms with van der Waals surface area (Å²) < 4.78 is 0. The Hall–Kier alpha value is -2.43. The van der Waals surface area contributed by atoms with Crippen molar-refractivity contribution in [1.29, 1.82) is 0 Å². The summed E-state index contributed by atoms with van der Waals surface area (Å²) in [6.45, 7) is 0. The van der Waals surface area contributed by atoms with Gasteiger partial charge >= 0.3 is 5.97 Å². The number of fused-ring (bicyclic) bond motifs is 1. The van der Waals surface area contributed by atoms with Crippen LogP contribution in [0, 0.1) is 5.92 Å². The predicted octanol–water partition coefficient (Wildman–Crippen LogP) is 2.22.